The van der Waals surface area contributed by atoms with E-state index in [1.165, 1.54) is 17.5 Å². The van der Waals surface area contributed by atoms with Gasteiger partial charge in [0.15, 0.2) is 10.8 Å². The Labute approximate surface area is 154 Å². The largest absolute Gasteiger partial charge is 0.408 e. The van der Waals surface area contributed by atoms with Crippen LogP contribution < -0.4 is 5.32 Å². The minimum Gasteiger partial charge on any atom is -0.358 e. The first-order valence-electron chi connectivity index (χ1n) is 8.46. The van der Waals surface area contributed by atoms with Crippen LogP contribution in [0.15, 0.2) is 4.52 Å². The van der Waals surface area contributed by atoms with Crippen molar-refractivity contribution in [2.24, 2.45) is 0 Å². The second-order valence-corrected chi connectivity index (χ2v) is 6.69. The van der Waals surface area contributed by atoms with Gasteiger partial charge < -0.3 is 20.0 Å². The van der Waals surface area contributed by atoms with E-state index in [2.05, 4.69) is 20.6 Å². The lowest BCUT2D eigenvalue weighted by molar-refractivity contribution is -0.389. The molecule has 2 aromatic rings. The summed E-state index contributed by atoms with van der Waals surface area (Å²) >= 11 is 5.90. The predicted octanol–water partition coefficient (Wildman–Crippen LogP) is 2.64. The van der Waals surface area contributed by atoms with E-state index in [1.54, 1.807) is 6.92 Å². The van der Waals surface area contributed by atoms with Crippen LogP contribution in [0.5, 0.6) is 0 Å². The van der Waals surface area contributed by atoms with Crippen LogP contribution in [-0.4, -0.2) is 36.8 Å². The number of carbonyl (C=O) groups excluding carboxylic acids is 1. The van der Waals surface area contributed by atoms with Gasteiger partial charge in [0.05, 0.1) is 10.8 Å². The molecule has 3 rings (SSSR count). The zero-order valence-electron chi connectivity index (χ0n) is 14.3. The molecule has 140 valence electrons. The summed E-state index contributed by atoms with van der Waals surface area (Å²) in [6, 6.07) is 0.121. The van der Waals surface area contributed by atoms with Crippen molar-refractivity contribution in [2.75, 3.05) is 0 Å². The molecule has 0 aromatic carbocycles. The molecule has 1 amide bonds. The van der Waals surface area contributed by atoms with Gasteiger partial charge in [0.2, 0.25) is 0 Å². The highest BCUT2D eigenvalue weighted by molar-refractivity contribution is 6.33. The highest BCUT2D eigenvalue weighted by Gasteiger charge is 2.26. The smallest absolute Gasteiger partial charge is 0.358 e. The van der Waals surface area contributed by atoms with Crippen LogP contribution in [0.25, 0.3) is 0 Å². The molecule has 10 nitrogen and oxygen atoms in total. The van der Waals surface area contributed by atoms with Gasteiger partial charge in [0.25, 0.3) is 0 Å². The number of nitrogens with one attached hydrogen (secondary N) is 1. The molecule has 0 unspecified atom stereocenters. The van der Waals surface area contributed by atoms with Gasteiger partial charge in [-0.1, -0.05) is 42.4 Å². The lowest BCUT2D eigenvalue weighted by Crippen LogP contribution is -2.34. The van der Waals surface area contributed by atoms with Crippen LogP contribution in [0, 0.1) is 17.0 Å². The maximum absolute atomic E-state index is 12.3. The van der Waals surface area contributed by atoms with Crippen LogP contribution in [0.4, 0.5) is 5.82 Å². The van der Waals surface area contributed by atoms with E-state index < -0.39 is 16.6 Å². The molecule has 26 heavy (non-hydrogen) atoms. The zero-order chi connectivity index (χ0) is 18.7. The molecule has 11 heteroatoms. The first-order chi connectivity index (χ1) is 12.5. The molecule has 0 aliphatic heterocycles. The van der Waals surface area contributed by atoms with Crippen molar-refractivity contribution in [2.45, 2.75) is 58.0 Å². The first-order valence-corrected chi connectivity index (χ1v) is 8.84. The number of nitro groups is 1. The molecule has 0 atom stereocenters. The summed E-state index contributed by atoms with van der Waals surface area (Å²) in [7, 11) is 0. The van der Waals surface area contributed by atoms with Crippen molar-refractivity contribution in [3.63, 3.8) is 0 Å². The average molecular weight is 383 g/mol. The molecule has 1 aliphatic carbocycles. The van der Waals surface area contributed by atoms with Crippen molar-refractivity contribution in [3.05, 3.63) is 32.5 Å². The predicted molar refractivity (Wildman–Crippen MR) is 91.0 cm³/mol. The molecular formula is C15H19ClN6O4. The molecule has 2 heterocycles. The minimum atomic E-state index is -0.659. The Balaban J connectivity index is 1.67. The maximum Gasteiger partial charge on any atom is 0.408 e. The molecule has 0 radical (unpaired) electrons. The van der Waals surface area contributed by atoms with Crippen molar-refractivity contribution in [3.8, 4) is 0 Å². The molecule has 1 N–H and O–H groups in total. The Kier molecular flexibility index (Phi) is 5.50. The molecule has 1 aliphatic rings. The Morgan fingerprint density at radius 2 is 2.08 bits per heavy atom. The fraction of sp³-hybridized carbons (Fsp3) is 0.600. The van der Waals surface area contributed by atoms with Crippen molar-refractivity contribution < 1.29 is 14.2 Å². The Hall–Kier alpha value is -2.49. The molecule has 0 spiro atoms. The van der Waals surface area contributed by atoms with Gasteiger partial charge in [-0.15, -0.1) is 0 Å². The van der Waals surface area contributed by atoms with E-state index in [0.717, 1.165) is 25.7 Å². The maximum atomic E-state index is 12.3. The van der Waals surface area contributed by atoms with Gasteiger partial charge >= 0.3 is 17.6 Å². The molecule has 2 aromatic heterocycles. The Morgan fingerprint density at radius 1 is 1.38 bits per heavy atom. The van der Waals surface area contributed by atoms with Gasteiger partial charge in [-0.25, -0.2) is 0 Å². The van der Waals surface area contributed by atoms with Crippen molar-refractivity contribution >= 4 is 23.3 Å². The fourth-order valence-electron chi connectivity index (χ4n) is 2.99. The van der Waals surface area contributed by atoms with Crippen LogP contribution in [0.1, 0.15) is 60.7 Å². The zero-order valence-corrected chi connectivity index (χ0v) is 15.0. The quantitative estimate of drug-likeness (QED) is 0.478. The van der Waals surface area contributed by atoms with E-state index in [1.807, 2.05) is 0 Å². The second-order valence-electron chi connectivity index (χ2n) is 6.32. The highest BCUT2D eigenvalue weighted by atomic mass is 35.5. The van der Waals surface area contributed by atoms with E-state index in [4.69, 9.17) is 16.1 Å². The molecule has 0 bridgehead atoms. The third-order valence-electron chi connectivity index (χ3n) is 4.43. The summed E-state index contributed by atoms with van der Waals surface area (Å²) in [6.07, 6.45) is 6.46. The summed E-state index contributed by atoms with van der Waals surface area (Å²) in [5.74, 6) is -0.779. The number of carbonyl (C=O) groups is 1. The average Bonchev–Trinajstić information content (AvgIpc) is 3.07. The van der Waals surface area contributed by atoms with Gasteiger partial charge in [0, 0.05) is 6.04 Å². The second kappa shape index (κ2) is 7.81. The lowest BCUT2D eigenvalue weighted by atomic mass is 10.1. The van der Waals surface area contributed by atoms with Crippen LogP contribution in [-0.2, 0) is 6.54 Å². The number of hydrogen-bond donors (Lipinski definition) is 1. The van der Waals surface area contributed by atoms with E-state index in [9.17, 15) is 14.9 Å². The number of rotatable bonds is 5. The van der Waals surface area contributed by atoms with E-state index >= 15 is 0 Å². The third-order valence-corrected chi connectivity index (χ3v) is 4.88. The van der Waals surface area contributed by atoms with Crippen LogP contribution >= 0.6 is 11.6 Å². The number of nitrogens with zero attached hydrogens (tertiary/aromatic N) is 5. The SMILES string of the molecule is Cc1c(Cl)c([N+](=O)[O-])nn1Cc1noc(C(=O)NC2CCCCCC2)n1. The molecule has 1 fully saturated rings. The lowest BCUT2D eigenvalue weighted by Gasteiger charge is -2.14. The summed E-state index contributed by atoms with van der Waals surface area (Å²) in [4.78, 5) is 26.6. The topological polar surface area (TPSA) is 129 Å². The highest BCUT2D eigenvalue weighted by Crippen LogP contribution is 2.26. The van der Waals surface area contributed by atoms with Gasteiger partial charge in [-0.05, 0) is 24.7 Å². The minimum absolute atomic E-state index is 0.0135. The van der Waals surface area contributed by atoms with E-state index in [-0.39, 0.29) is 29.3 Å². The van der Waals surface area contributed by atoms with Crippen LogP contribution in [0.3, 0.4) is 0 Å². The normalized spacial score (nSPS) is 15.6. The summed E-state index contributed by atoms with van der Waals surface area (Å²) < 4.78 is 6.32. The van der Waals surface area contributed by atoms with Crippen molar-refractivity contribution in [1.29, 1.82) is 0 Å². The Bertz CT molecular complexity index is 809. The Morgan fingerprint density at radius 3 is 2.69 bits per heavy atom. The summed E-state index contributed by atoms with van der Waals surface area (Å²) in [5, 5.41) is 21.4. The number of amides is 1. The fourth-order valence-corrected chi connectivity index (χ4v) is 3.20. The summed E-state index contributed by atoms with van der Waals surface area (Å²) in [6.45, 7) is 1.61. The van der Waals surface area contributed by atoms with E-state index in [0.29, 0.717) is 5.69 Å². The van der Waals surface area contributed by atoms with Gasteiger partial charge in [-0.3, -0.25) is 4.79 Å². The molecule has 0 saturated heterocycles. The first kappa shape index (κ1) is 18.3. The monoisotopic (exact) mass is 382 g/mol. The number of aromatic nitrogens is 4. The van der Waals surface area contributed by atoms with Crippen molar-refractivity contribution in [1.82, 2.24) is 25.2 Å². The molecule has 1 saturated carbocycles. The number of halogens is 1. The summed E-state index contributed by atoms with van der Waals surface area (Å²) in [5.41, 5.74) is 0.410. The van der Waals surface area contributed by atoms with Crippen LogP contribution in [0.2, 0.25) is 5.02 Å². The van der Waals surface area contributed by atoms with Gasteiger partial charge in [0.1, 0.15) is 6.54 Å². The standard InChI is InChI=1S/C15H19ClN6O4/c1-9-12(16)13(22(24)25)19-21(9)8-11-18-15(26-20-11)14(23)17-10-6-4-2-3-5-7-10/h10H,2-8H2,1H3,(H,17,23). The third kappa shape index (κ3) is 4.01. The molecular weight excluding hydrogens is 364 g/mol. The number of hydrogen-bond acceptors (Lipinski definition) is 7. The van der Waals surface area contributed by atoms with Gasteiger partial charge in [-0.2, -0.15) is 9.67 Å².